The molecule has 0 radical (unpaired) electrons. The lowest BCUT2D eigenvalue weighted by molar-refractivity contribution is -0.480. The minimum Gasteiger partial charge on any atom is -0.384 e. The van der Waals surface area contributed by atoms with Gasteiger partial charge < -0.3 is 19.3 Å². The quantitative estimate of drug-likeness (QED) is 0.864. The summed E-state index contributed by atoms with van der Waals surface area (Å²) in [4.78, 5) is 0. The third-order valence-corrected chi connectivity index (χ3v) is 4.04. The fraction of sp³-hybridized carbons (Fsp3) is 0.529. The maximum atomic E-state index is 8.70. The summed E-state index contributed by atoms with van der Waals surface area (Å²) in [6.07, 6.45) is 2.15. The maximum absolute atomic E-state index is 8.70. The fourth-order valence-corrected chi connectivity index (χ4v) is 2.89. The number of aliphatic hydroxyl groups is 1. The van der Waals surface area contributed by atoms with Crippen molar-refractivity contribution in [3.05, 3.63) is 35.4 Å². The zero-order valence-electron chi connectivity index (χ0n) is 12.2. The van der Waals surface area contributed by atoms with Gasteiger partial charge in [0.15, 0.2) is 0 Å². The van der Waals surface area contributed by atoms with E-state index in [1.54, 1.807) is 0 Å². The van der Waals surface area contributed by atoms with E-state index in [0.29, 0.717) is 19.8 Å². The highest BCUT2D eigenvalue weighted by Gasteiger charge is 2.53. The van der Waals surface area contributed by atoms with Gasteiger partial charge in [-0.25, -0.2) is 0 Å². The average Bonchev–Trinajstić information content (AvgIpc) is 2.55. The molecule has 1 N–H and O–H groups in total. The van der Waals surface area contributed by atoms with Crippen LogP contribution >= 0.6 is 0 Å². The molecule has 21 heavy (non-hydrogen) atoms. The van der Waals surface area contributed by atoms with Crippen LogP contribution in [0.15, 0.2) is 24.3 Å². The number of benzene rings is 1. The first-order valence-corrected chi connectivity index (χ1v) is 7.34. The zero-order chi connectivity index (χ0) is 14.8. The second-order valence-corrected chi connectivity index (χ2v) is 5.71. The van der Waals surface area contributed by atoms with Crippen LogP contribution in [0.4, 0.5) is 0 Å². The Hall–Kier alpha value is -1.38. The van der Waals surface area contributed by atoms with E-state index >= 15 is 0 Å². The van der Waals surface area contributed by atoms with E-state index in [1.807, 2.05) is 24.3 Å². The highest BCUT2D eigenvalue weighted by Crippen LogP contribution is 2.46. The first kappa shape index (κ1) is 14.6. The van der Waals surface area contributed by atoms with Crippen LogP contribution in [0.1, 0.15) is 30.9 Å². The molecule has 3 fully saturated rings. The van der Waals surface area contributed by atoms with E-state index in [1.165, 1.54) is 0 Å². The largest absolute Gasteiger partial charge is 0.384 e. The minimum atomic E-state index is -1.06. The van der Waals surface area contributed by atoms with Gasteiger partial charge in [0.25, 0.3) is 0 Å². The summed E-state index contributed by atoms with van der Waals surface area (Å²) in [6, 6.07) is 7.57. The Labute approximate surface area is 125 Å². The topological polar surface area (TPSA) is 47.9 Å². The van der Waals surface area contributed by atoms with Crippen molar-refractivity contribution in [1.29, 1.82) is 0 Å². The van der Waals surface area contributed by atoms with Crippen molar-refractivity contribution in [1.82, 2.24) is 0 Å². The molecule has 0 spiro atoms. The van der Waals surface area contributed by atoms with Gasteiger partial charge in [-0.15, -0.1) is 0 Å². The van der Waals surface area contributed by atoms with Crippen LogP contribution in [-0.2, 0) is 20.2 Å². The molecular formula is C17H20O4. The Morgan fingerprint density at radius 3 is 2.24 bits per heavy atom. The first-order chi connectivity index (χ1) is 10.2. The van der Waals surface area contributed by atoms with Crippen LogP contribution < -0.4 is 0 Å². The number of ether oxygens (including phenoxy) is 3. The number of fused-ring (bicyclic) bond motifs is 3. The second-order valence-electron chi connectivity index (χ2n) is 5.71. The van der Waals surface area contributed by atoms with Crippen molar-refractivity contribution < 1.29 is 19.3 Å². The molecule has 3 heterocycles. The fourth-order valence-electron chi connectivity index (χ4n) is 2.89. The molecule has 2 bridgehead atoms. The Bertz CT molecular complexity index is 528. The van der Waals surface area contributed by atoms with Crippen molar-refractivity contribution in [2.24, 2.45) is 5.41 Å². The lowest BCUT2D eigenvalue weighted by Crippen LogP contribution is -2.58. The van der Waals surface area contributed by atoms with Crippen LogP contribution in [0.5, 0.6) is 0 Å². The summed E-state index contributed by atoms with van der Waals surface area (Å²) in [5.41, 5.74) is 1.71. The molecule has 4 heteroatoms. The van der Waals surface area contributed by atoms with Gasteiger partial charge in [-0.05, 0) is 30.7 Å². The third kappa shape index (κ3) is 2.70. The van der Waals surface area contributed by atoms with Gasteiger partial charge in [0.1, 0.15) is 6.61 Å². The predicted molar refractivity (Wildman–Crippen MR) is 77.3 cm³/mol. The van der Waals surface area contributed by atoms with Crippen LogP contribution in [0.25, 0.3) is 0 Å². The van der Waals surface area contributed by atoms with Gasteiger partial charge >= 0.3 is 5.97 Å². The summed E-state index contributed by atoms with van der Waals surface area (Å²) in [5.74, 6) is 4.43. The van der Waals surface area contributed by atoms with Gasteiger partial charge in [0.05, 0.1) is 19.8 Å². The molecule has 0 unspecified atom stereocenters. The van der Waals surface area contributed by atoms with Crippen LogP contribution in [0.2, 0.25) is 0 Å². The van der Waals surface area contributed by atoms with Crippen LogP contribution in [0.3, 0.4) is 0 Å². The molecule has 1 aromatic rings. The van der Waals surface area contributed by atoms with E-state index in [-0.39, 0.29) is 12.0 Å². The van der Waals surface area contributed by atoms with Gasteiger partial charge in [0, 0.05) is 16.5 Å². The van der Waals surface area contributed by atoms with Crippen molar-refractivity contribution >= 4 is 0 Å². The summed E-state index contributed by atoms with van der Waals surface area (Å²) < 4.78 is 17.7. The Morgan fingerprint density at radius 2 is 1.71 bits per heavy atom. The monoisotopic (exact) mass is 288 g/mol. The lowest BCUT2D eigenvalue weighted by atomic mass is 9.83. The Kier molecular flexibility index (Phi) is 4.01. The number of hydrogen-bond acceptors (Lipinski definition) is 4. The summed E-state index contributed by atoms with van der Waals surface area (Å²) in [5, 5.41) is 8.70. The van der Waals surface area contributed by atoms with E-state index in [2.05, 4.69) is 18.8 Å². The van der Waals surface area contributed by atoms with Gasteiger partial charge in [-0.2, -0.15) is 0 Å². The summed E-state index contributed by atoms with van der Waals surface area (Å²) >= 11 is 0. The van der Waals surface area contributed by atoms with E-state index in [0.717, 1.165) is 24.0 Å². The molecule has 0 aliphatic carbocycles. The van der Waals surface area contributed by atoms with E-state index < -0.39 is 5.97 Å². The molecule has 112 valence electrons. The third-order valence-electron chi connectivity index (χ3n) is 4.04. The van der Waals surface area contributed by atoms with Crippen molar-refractivity contribution in [2.45, 2.75) is 25.7 Å². The predicted octanol–water partition coefficient (Wildman–Crippen LogP) is 2.00. The smallest absolute Gasteiger partial charge is 0.312 e. The first-order valence-electron chi connectivity index (χ1n) is 7.34. The molecule has 4 nitrogen and oxygen atoms in total. The SMILES string of the molecule is CCCC12COC(c3ccc(C#CCO)cc3)(OC1)OC2. The van der Waals surface area contributed by atoms with Crippen molar-refractivity contribution in [2.75, 3.05) is 26.4 Å². The molecule has 3 aliphatic rings. The van der Waals surface area contributed by atoms with Gasteiger partial charge in [-0.1, -0.05) is 25.2 Å². The van der Waals surface area contributed by atoms with Crippen molar-refractivity contribution in [3.8, 4) is 11.8 Å². The molecule has 1 aromatic carbocycles. The molecule has 4 rings (SSSR count). The summed E-state index contributed by atoms with van der Waals surface area (Å²) in [6.45, 7) is 4.05. The molecule has 0 amide bonds. The van der Waals surface area contributed by atoms with Crippen molar-refractivity contribution in [3.63, 3.8) is 0 Å². The van der Waals surface area contributed by atoms with Gasteiger partial charge in [0.2, 0.25) is 0 Å². The molecule has 3 aliphatic heterocycles. The normalized spacial score (nSPS) is 30.8. The molecule has 0 aromatic heterocycles. The number of hydrogen-bond donors (Lipinski definition) is 1. The molecule has 0 saturated carbocycles. The van der Waals surface area contributed by atoms with Gasteiger partial charge in [-0.3, -0.25) is 0 Å². The second kappa shape index (κ2) is 5.78. The maximum Gasteiger partial charge on any atom is 0.312 e. The molecule has 3 saturated heterocycles. The lowest BCUT2D eigenvalue weighted by Gasteiger charge is -2.51. The Morgan fingerprint density at radius 1 is 1.10 bits per heavy atom. The molecule has 0 atom stereocenters. The number of aliphatic hydroxyl groups excluding tert-OH is 1. The number of rotatable bonds is 3. The van der Waals surface area contributed by atoms with Crippen LogP contribution in [-0.4, -0.2) is 31.5 Å². The van der Waals surface area contributed by atoms with Crippen LogP contribution in [0, 0.1) is 17.3 Å². The highest BCUT2D eigenvalue weighted by atomic mass is 16.9. The average molecular weight is 288 g/mol. The highest BCUT2D eigenvalue weighted by molar-refractivity contribution is 5.37. The minimum absolute atomic E-state index is 0.0169. The zero-order valence-corrected chi connectivity index (χ0v) is 12.2. The standard InChI is InChI=1S/C17H20O4/c1-2-9-16-11-19-17(20-12-16,21-13-16)15-7-5-14(6-8-15)4-3-10-18/h5-8,18H,2,9-13H2,1H3. The molecular weight excluding hydrogens is 268 g/mol. The van der Waals surface area contributed by atoms with E-state index in [9.17, 15) is 0 Å². The Balaban J connectivity index is 1.76. The van der Waals surface area contributed by atoms with E-state index in [4.69, 9.17) is 19.3 Å². The summed E-state index contributed by atoms with van der Waals surface area (Å²) in [7, 11) is 0.